The van der Waals surface area contributed by atoms with E-state index in [9.17, 15) is 27.9 Å². The fourth-order valence-corrected chi connectivity index (χ4v) is 2.26. The Bertz CT molecular complexity index is 769. The van der Waals surface area contributed by atoms with E-state index in [-0.39, 0.29) is 6.42 Å². The Kier molecular flexibility index (Phi) is 5.23. The van der Waals surface area contributed by atoms with Gasteiger partial charge in [0.25, 0.3) is 5.91 Å². The van der Waals surface area contributed by atoms with Crippen molar-refractivity contribution in [2.45, 2.75) is 19.4 Å². The number of benzene rings is 2. The second kappa shape index (κ2) is 7.16. The summed E-state index contributed by atoms with van der Waals surface area (Å²) in [6.07, 6.45) is -0.0623. The van der Waals surface area contributed by atoms with Crippen LogP contribution in [-0.2, 0) is 11.2 Å². The summed E-state index contributed by atoms with van der Waals surface area (Å²) in [6, 6.07) is 6.28. The first-order chi connectivity index (χ1) is 11.3. The summed E-state index contributed by atoms with van der Waals surface area (Å²) in [5.74, 6) is -6.58. The zero-order valence-corrected chi connectivity index (χ0v) is 12.6. The maximum absolute atomic E-state index is 13.6. The minimum Gasteiger partial charge on any atom is -0.480 e. The monoisotopic (exact) mass is 337 g/mol. The highest BCUT2D eigenvalue weighted by Crippen LogP contribution is 2.15. The summed E-state index contributed by atoms with van der Waals surface area (Å²) in [5.41, 5.74) is 0.522. The van der Waals surface area contributed by atoms with Crippen molar-refractivity contribution in [3.63, 3.8) is 0 Å². The summed E-state index contributed by atoms with van der Waals surface area (Å²) < 4.78 is 40.1. The Morgan fingerprint density at radius 1 is 1.12 bits per heavy atom. The minimum atomic E-state index is -1.40. The van der Waals surface area contributed by atoms with Gasteiger partial charge in [0.2, 0.25) is 0 Å². The number of carbonyl (C=O) groups excluding carboxylic acids is 1. The van der Waals surface area contributed by atoms with Gasteiger partial charge in [0.15, 0.2) is 0 Å². The van der Waals surface area contributed by atoms with E-state index in [4.69, 9.17) is 0 Å². The van der Waals surface area contributed by atoms with Gasteiger partial charge in [-0.05, 0) is 12.5 Å². The van der Waals surface area contributed by atoms with E-state index >= 15 is 0 Å². The number of carbonyl (C=O) groups is 2. The van der Waals surface area contributed by atoms with Crippen LogP contribution in [0.2, 0.25) is 0 Å². The smallest absolute Gasteiger partial charge is 0.326 e. The molecule has 2 aromatic rings. The summed E-state index contributed by atoms with van der Waals surface area (Å²) in [7, 11) is 0. The van der Waals surface area contributed by atoms with Crippen LogP contribution < -0.4 is 5.32 Å². The van der Waals surface area contributed by atoms with E-state index in [2.05, 4.69) is 5.32 Å². The molecule has 0 aliphatic rings. The molecule has 0 bridgehead atoms. The normalized spacial score (nSPS) is 11.8. The van der Waals surface area contributed by atoms with Gasteiger partial charge >= 0.3 is 5.97 Å². The van der Waals surface area contributed by atoms with Gasteiger partial charge in [-0.1, -0.05) is 29.8 Å². The maximum Gasteiger partial charge on any atom is 0.326 e. The number of aliphatic carboxylic acids is 1. The molecule has 126 valence electrons. The third-order valence-corrected chi connectivity index (χ3v) is 3.36. The van der Waals surface area contributed by atoms with Gasteiger partial charge in [-0.15, -0.1) is 0 Å². The van der Waals surface area contributed by atoms with Crippen molar-refractivity contribution in [1.82, 2.24) is 5.32 Å². The molecule has 2 N–H and O–H groups in total. The number of carboxylic acids is 1. The van der Waals surface area contributed by atoms with Crippen molar-refractivity contribution in [2.75, 3.05) is 0 Å². The number of aryl methyl sites for hydroxylation is 1. The third kappa shape index (κ3) is 4.13. The summed E-state index contributed by atoms with van der Waals surface area (Å²) in [5, 5.41) is 11.3. The van der Waals surface area contributed by atoms with Gasteiger partial charge in [-0.25, -0.2) is 18.0 Å². The van der Waals surface area contributed by atoms with Gasteiger partial charge in [0.1, 0.15) is 29.1 Å². The van der Waals surface area contributed by atoms with Crippen molar-refractivity contribution in [2.24, 2.45) is 0 Å². The predicted octanol–water partition coefficient (Wildman–Crippen LogP) is 2.84. The minimum absolute atomic E-state index is 0.0623. The number of hydrogen-bond acceptors (Lipinski definition) is 2. The highest BCUT2D eigenvalue weighted by Gasteiger charge is 2.25. The number of hydrogen-bond donors (Lipinski definition) is 2. The molecule has 1 atom stereocenters. The van der Waals surface area contributed by atoms with Gasteiger partial charge in [-0.3, -0.25) is 4.79 Å². The molecule has 24 heavy (non-hydrogen) atoms. The summed E-state index contributed by atoms with van der Waals surface area (Å²) >= 11 is 0. The predicted molar refractivity (Wildman–Crippen MR) is 80.1 cm³/mol. The number of carboxylic acid groups (broad SMARTS) is 1. The number of nitrogens with one attached hydrogen (secondary N) is 1. The molecule has 2 aromatic carbocycles. The van der Waals surface area contributed by atoms with E-state index in [0.717, 1.165) is 5.56 Å². The van der Waals surface area contributed by atoms with E-state index < -0.39 is 40.9 Å². The van der Waals surface area contributed by atoms with Crippen molar-refractivity contribution in [1.29, 1.82) is 0 Å². The molecule has 1 amide bonds. The quantitative estimate of drug-likeness (QED) is 0.882. The molecule has 0 aromatic heterocycles. The molecular formula is C17H14F3NO3. The Morgan fingerprint density at radius 2 is 1.75 bits per heavy atom. The molecular weight excluding hydrogens is 323 g/mol. The Balaban J connectivity index is 2.22. The maximum atomic E-state index is 13.6. The SMILES string of the molecule is Cc1cccc(C[C@H](NC(=O)c2c(F)cc(F)cc2F)C(=O)O)c1. The first-order valence-corrected chi connectivity index (χ1v) is 7.01. The van der Waals surface area contributed by atoms with Crippen molar-refractivity contribution in [3.8, 4) is 0 Å². The average Bonchev–Trinajstić information content (AvgIpc) is 2.45. The lowest BCUT2D eigenvalue weighted by molar-refractivity contribution is -0.139. The molecule has 0 heterocycles. The molecule has 7 heteroatoms. The zero-order chi connectivity index (χ0) is 17.9. The van der Waals surface area contributed by atoms with Crippen molar-refractivity contribution >= 4 is 11.9 Å². The van der Waals surface area contributed by atoms with Crippen LogP contribution in [-0.4, -0.2) is 23.0 Å². The third-order valence-electron chi connectivity index (χ3n) is 3.36. The lowest BCUT2D eigenvalue weighted by Crippen LogP contribution is -2.43. The van der Waals surface area contributed by atoms with E-state index in [0.29, 0.717) is 17.7 Å². The van der Waals surface area contributed by atoms with Crippen LogP contribution in [0, 0.1) is 24.4 Å². The molecule has 0 fully saturated rings. The number of halogens is 3. The first kappa shape index (κ1) is 17.5. The standard InChI is InChI=1S/C17H14F3NO3/c1-9-3-2-4-10(5-9)6-14(17(23)24)21-16(22)15-12(19)7-11(18)8-13(15)20/h2-5,7-8,14H,6H2,1H3,(H,21,22)(H,23,24)/t14-/m0/s1. The zero-order valence-electron chi connectivity index (χ0n) is 12.6. The topological polar surface area (TPSA) is 66.4 Å². The van der Waals surface area contributed by atoms with Gasteiger partial charge < -0.3 is 10.4 Å². The van der Waals surface area contributed by atoms with Crippen LogP contribution in [0.25, 0.3) is 0 Å². The lowest BCUT2D eigenvalue weighted by Gasteiger charge is -2.15. The van der Waals surface area contributed by atoms with Gasteiger partial charge in [-0.2, -0.15) is 0 Å². The van der Waals surface area contributed by atoms with Crippen molar-refractivity contribution < 1.29 is 27.9 Å². The van der Waals surface area contributed by atoms with Crippen LogP contribution >= 0.6 is 0 Å². The number of amides is 1. The number of rotatable bonds is 5. The van der Waals surface area contributed by atoms with Crippen LogP contribution in [0.1, 0.15) is 21.5 Å². The Hall–Kier alpha value is -2.83. The summed E-state index contributed by atoms with van der Waals surface area (Å²) in [6.45, 7) is 1.82. The first-order valence-electron chi connectivity index (χ1n) is 7.01. The summed E-state index contributed by atoms with van der Waals surface area (Å²) in [4.78, 5) is 23.3. The fourth-order valence-electron chi connectivity index (χ4n) is 2.26. The second-order valence-electron chi connectivity index (χ2n) is 5.30. The Morgan fingerprint density at radius 3 is 2.29 bits per heavy atom. The lowest BCUT2D eigenvalue weighted by atomic mass is 10.0. The highest BCUT2D eigenvalue weighted by molar-refractivity contribution is 5.97. The van der Waals surface area contributed by atoms with Crippen molar-refractivity contribution in [3.05, 3.63) is 70.5 Å². The van der Waals surface area contributed by atoms with Gasteiger partial charge in [0, 0.05) is 18.6 Å². The average molecular weight is 337 g/mol. The van der Waals surface area contributed by atoms with Crippen LogP contribution in [0.3, 0.4) is 0 Å². The molecule has 0 unspecified atom stereocenters. The van der Waals surface area contributed by atoms with Crippen LogP contribution in [0.15, 0.2) is 36.4 Å². The van der Waals surface area contributed by atoms with E-state index in [1.165, 1.54) is 0 Å². The highest BCUT2D eigenvalue weighted by atomic mass is 19.1. The Labute approximate surface area is 135 Å². The molecule has 4 nitrogen and oxygen atoms in total. The van der Waals surface area contributed by atoms with Gasteiger partial charge in [0.05, 0.1) is 0 Å². The second-order valence-corrected chi connectivity index (χ2v) is 5.30. The molecule has 0 saturated carbocycles. The van der Waals surface area contributed by atoms with Crippen LogP contribution in [0.5, 0.6) is 0 Å². The molecule has 2 rings (SSSR count). The molecule has 0 spiro atoms. The van der Waals surface area contributed by atoms with Crippen LogP contribution in [0.4, 0.5) is 13.2 Å². The molecule has 0 aliphatic heterocycles. The van der Waals surface area contributed by atoms with E-state index in [1.54, 1.807) is 18.2 Å². The largest absolute Gasteiger partial charge is 0.480 e. The molecule has 0 aliphatic carbocycles. The van der Waals surface area contributed by atoms with E-state index in [1.807, 2.05) is 13.0 Å². The fraction of sp³-hybridized carbons (Fsp3) is 0.176. The molecule has 0 saturated heterocycles. The molecule has 0 radical (unpaired) electrons.